The van der Waals surface area contributed by atoms with Crippen LogP contribution in [0, 0.1) is 11.3 Å². The van der Waals surface area contributed by atoms with E-state index in [0.717, 1.165) is 30.8 Å². The summed E-state index contributed by atoms with van der Waals surface area (Å²) in [4.78, 5) is 24.4. The second-order valence-corrected chi connectivity index (χ2v) is 6.09. The molecule has 7 heteroatoms. The van der Waals surface area contributed by atoms with Crippen molar-refractivity contribution in [3.05, 3.63) is 41.9 Å². The number of anilines is 1. The smallest absolute Gasteiger partial charge is 0.220 e. The molecule has 0 spiro atoms. The predicted octanol–water partition coefficient (Wildman–Crippen LogP) is 2.13. The van der Waals surface area contributed by atoms with Gasteiger partial charge in [-0.1, -0.05) is 6.92 Å². The molecule has 25 heavy (non-hydrogen) atoms. The van der Waals surface area contributed by atoms with Gasteiger partial charge in [-0.05, 0) is 18.6 Å². The molecule has 0 N–H and O–H groups in total. The monoisotopic (exact) mass is 339 g/mol. The van der Waals surface area contributed by atoms with Gasteiger partial charge in [-0.3, -0.25) is 4.79 Å². The maximum atomic E-state index is 12.2. The Morgan fingerprint density at radius 2 is 2.36 bits per heavy atom. The van der Waals surface area contributed by atoms with Gasteiger partial charge in [0.05, 0.1) is 24.5 Å². The lowest BCUT2D eigenvalue weighted by Gasteiger charge is -2.27. The van der Waals surface area contributed by atoms with Gasteiger partial charge in [0, 0.05) is 32.6 Å². The van der Waals surface area contributed by atoms with Gasteiger partial charge >= 0.3 is 0 Å². The molecular weight excluding hydrogens is 318 g/mol. The summed E-state index contributed by atoms with van der Waals surface area (Å²) in [5.74, 6) is 1.37. The zero-order chi connectivity index (χ0) is 17.8. The van der Waals surface area contributed by atoms with Crippen molar-refractivity contribution in [1.82, 2.24) is 14.9 Å². The summed E-state index contributed by atoms with van der Waals surface area (Å²) in [6, 6.07) is 5.91. The van der Waals surface area contributed by atoms with Gasteiger partial charge in [0.2, 0.25) is 11.8 Å². The first-order valence-corrected chi connectivity index (χ1v) is 8.43. The van der Waals surface area contributed by atoms with Crippen LogP contribution in [0.3, 0.4) is 0 Å². The van der Waals surface area contributed by atoms with Crippen LogP contribution in [0.1, 0.15) is 37.6 Å². The first kappa shape index (κ1) is 17.0. The van der Waals surface area contributed by atoms with Crippen LogP contribution in [0.2, 0.25) is 0 Å². The van der Waals surface area contributed by atoms with Crippen LogP contribution < -0.4 is 4.90 Å². The Kier molecular flexibility index (Phi) is 4.98. The third kappa shape index (κ3) is 3.63. The topological polar surface area (TPSA) is 86.3 Å². The summed E-state index contributed by atoms with van der Waals surface area (Å²) in [6.45, 7) is 5.38. The van der Waals surface area contributed by atoms with Gasteiger partial charge in [0.1, 0.15) is 11.8 Å². The highest BCUT2D eigenvalue weighted by Crippen LogP contribution is 2.26. The van der Waals surface area contributed by atoms with Crippen LogP contribution in [-0.2, 0) is 17.8 Å². The van der Waals surface area contributed by atoms with Gasteiger partial charge in [-0.25, -0.2) is 9.97 Å². The normalized spacial score (nSPS) is 16.7. The van der Waals surface area contributed by atoms with Crippen LogP contribution >= 0.6 is 0 Å². The van der Waals surface area contributed by atoms with Gasteiger partial charge in [-0.2, -0.15) is 5.26 Å². The Hall–Kier alpha value is -2.88. The minimum atomic E-state index is -0.00482. The van der Waals surface area contributed by atoms with Crippen molar-refractivity contribution in [2.45, 2.75) is 39.3 Å². The van der Waals surface area contributed by atoms with Crippen molar-refractivity contribution in [2.24, 2.45) is 0 Å². The van der Waals surface area contributed by atoms with Crippen LogP contribution in [0.5, 0.6) is 0 Å². The quantitative estimate of drug-likeness (QED) is 0.829. The van der Waals surface area contributed by atoms with Gasteiger partial charge < -0.3 is 14.2 Å². The highest BCUT2D eigenvalue weighted by atomic mass is 16.4. The molecule has 0 aliphatic carbocycles. The van der Waals surface area contributed by atoms with E-state index < -0.39 is 0 Å². The Balaban J connectivity index is 1.73. The predicted molar refractivity (Wildman–Crippen MR) is 91.7 cm³/mol. The molecule has 1 atom stereocenters. The van der Waals surface area contributed by atoms with Crippen LogP contribution in [-0.4, -0.2) is 39.9 Å². The molecule has 3 heterocycles. The molecular formula is C18H21N5O2. The number of pyridine rings is 1. The number of carbonyl (C=O) groups is 1. The van der Waals surface area contributed by atoms with Crippen molar-refractivity contribution in [2.75, 3.05) is 18.0 Å². The number of nitriles is 1. The molecule has 0 bridgehead atoms. The van der Waals surface area contributed by atoms with Crippen LogP contribution in [0.4, 0.5) is 5.69 Å². The minimum Gasteiger partial charge on any atom is -0.444 e. The Morgan fingerprint density at radius 1 is 1.52 bits per heavy atom. The maximum absolute atomic E-state index is 12.2. The molecule has 130 valence electrons. The second-order valence-electron chi connectivity index (χ2n) is 6.09. The molecule has 2 aromatic heterocycles. The molecule has 1 aliphatic heterocycles. The van der Waals surface area contributed by atoms with E-state index in [1.807, 2.05) is 19.1 Å². The summed E-state index contributed by atoms with van der Waals surface area (Å²) in [5, 5.41) is 9.24. The largest absolute Gasteiger partial charge is 0.444 e. The molecule has 1 unspecified atom stereocenters. The van der Waals surface area contributed by atoms with E-state index in [2.05, 4.69) is 20.9 Å². The number of oxazole rings is 1. The first-order chi connectivity index (χ1) is 12.1. The molecule has 1 fully saturated rings. The van der Waals surface area contributed by atoms with Crippen molar-refractivity contribution in [3.8, 4) is 6.07 Å². The first-order valence-electron chi connectivity index (χ1n) is 8.43. The van der Waals surface area contributed by atoms with Crippen molar-refractivity contribution in [3.63, 3.8) is 0 Å². The fourth-order valence-electron chi connectivity index (χ4n) is 3.18. The molecule has 2 aromatic rings. The summed E-state index contributed by atoms with van der Waals surface area (Å²) in [5.41, 5.74) is 1.23. The highest BCUT2D eigenvalue weighted by Gasteiger charge is 2.31. The lowest BCUT2D eigenvalue weighted by Crippen LogP contribution is -2.40. The number of carbonyl (C=O) groups excluding carboxylic acids is 1. The molecule has 1 saturated heterocycles. The number of aryl methyl sites for hydroxylation is 1. The highest BCUT2D eigenvalue weighted by molar-refractivity contribution is 5.73. The molecule has 0 aromatic carbocycles. The van der Waals surface area contributed by atoms with Crippen molar-refractivity contribution >= 4 is 11.6 Å². The molecule has 1 aliphatic rings. The van der Waals surface area contributed by atoms with Gasteiger partial charge in [0.25, 0.3) is 0 Å². The van der Waals surface area contributed by atoms with E-state index in [4.69, 9.17) is 4.42 Å². The zero-order valence-corrected chi connectivity index (χ0v) is 14.5. The van der Waals surface area contributed by atoms with E-state index in [-0.39, 0.29) is 11.9 Å². The number of hydrogen-bond acceptors (Lipinski definition) is 6. The summed E-state index contributed by atoms with van der Waals surface area (Å²) < 4.78 is 5.65. The van der Waals surface area contributed by atoms with Gasteiger partial charge in [0.15, 0.2) is 5.69 Å². The standard InChI is InChI=1S/C18H21N5O2/c1-3-15-10-21-18(25-15)12-23(13(2)24)14-6-8-22(11-14)17-5-4-7-20-16(17)9-19/h4-5,7,10,14H,3,6,8,11-12H2,1-2H3. The van der Waals surface area contributed by atoms with E-state index in [0.29, 0.717) is 24.7 Å². The number of aromatic nitrogens is 2. The molecule has 0 radical (unpaired) electrons. The fraction of sp³-hybridized carbons (Fsp3) is 0.444. The van der Waals surface area contributed by atoms with Crippen LogP contribution in [0.15, 0.2) is 28.9 Å². The maximum Gasteiger partial charge on any atom is 0.220 e. The molecule has 3 rings (SSSR count). The van der Waals surface area contributed by atoms with E-state index in [1.165, 1.54) is 0 Å². The number of hydrogen-bond donors (Lipinski definition) is 0. The fourth-order valence-corrected chi connectivity index (χ4v) is 3.18. The average molecular weight is 339 g/mol. The molecule has 0 saturated carbocycles. The third-order valence-electron chi connectivity index (χ3n) is 4.50. The minimum absolute atomic E-state index is 0.00482. The zero-order valence-electron chi connectivity index (χ0n) is 14.5. The van der Waals surface area contributed by atoms with Crippen molar-refractivity contribution in [1.29, 1.82) is 5.26 Å². The summed E-state index contributed by atoms with van der Waals surface area (Å²) in [6.07, 6.45) is 4.94. The molecule has 7 nitrogen and oxygen atoms in total. The van der Waals surface area contributed by atoms with Gasteiger partial charge in [-0.15, -0.1) is 0 Å². The summed E-state index contributed by atoms with van der Waals surface area (Å²) >= 11 is 0. The number of rotatable bonds is 5. The summed E-state index contributed by atoms with van der Waals surface area (Å²) in [7, 11) is 0. The SMILES string of the molecule is CCc1cnc(CN(C(C)=O)C2CCN(c3cccnc3C#N)C2)o1. The van der Waals surface area contributed by atoms with E-state index in [9.17, 15) is 10.1 Å². The molecule has 1 amide bonds. The Morgan fingerprint density at radius 3 is 3.04 bits per heavy atom. The lowest BCUT2D eigenvalue weighted by molar-refractivity contribution is -0.131. The number of amides is 1. The second kappa shape index (κ2) is 7.34. The van der Waals surface area contributed by atoms with E-state index >= 15 is 0 Å². The Labute approximate surface area is 146 Å². The van der Waals surface area contributed by atoms with E-state index in [1.54, 1.807) is 24.2 Å². The van der Waals surface area contributed by atoms with Crippen LogP contribution in [0.25, 0.3) is 0 Å². The Bertz CT molecular complexity index is 795. The number of nitrogens with zero attached hydrogens (tertiary/aromatic N) is 5. The average Bonchev–Trinajstić information content (AvgIpc) is 3.28. The van der Waals surface area contributed by atoms with Crippen molar-refractivity contribution < 1.29 is 9.21 Å². The third-order valence-corrected chi connectivity index (χ3v) is 4.50. The lowest BCUT2D eigenvalue weighted by atomic mass is 10.2.